The van der Waals surface area contributed by atoms with E-state index in [4.69, 9.17) is 12.2 Å². The van der Waals surface area contributed by atoms with E-state index in [0.717, 1.165) is 44.8 Å². The standard InChI is InChI=1S/C17H19BrFN3S2/c18-15-10-14(19)2-3-16(15)20-17(23)22-6-1-5-21(7-8-22)11-13-4-9-24-12-13/h2-4,9-10,12H,1,5-8,11H2,(H,20,23). The minimum atomic E-state index is -0.266. The van der Waals surface area contributed by atoms with Gasteiger partial charge in [0.1, 0.15) is 5.82 Å². The molecule has 1 aromatic carbocycles. The molecule has 3 nitrogen and oxygen atoms in total. The molecule has 2 aromatic rings. The number of thiocarbonyl (C=S) groups is 1. The Labute approximate surface area is 159 Å². The Morgan fingerprint density at radius 3 is 2.88 bits per heavy atom. The summed E-state index contributed by atoms with van der Waals surface area (Å²) in [5.74, 6) is -0.266. The molecule has 1 saturated heterocycles. The van der Waals surface area contributed by atoms with Crippen LogP contribution in [-0.2, 0) is 6.54 Å². The molecular formula is C17H19BrFN3S2. The highest BCUT2D eigenvalue weighted by Gasteiger charge is 2.17. The van der Waals surface area contributed by atoms with E-state index in [1.54, 1.807) is 17.4 Å². The molecule has 0 atom stereocenters. The van der Waals surface area contributed by atoms with Gasteiger partial charge in [-0.25, -0.2) is 4.39 Å². The summed E-state index contributed by atoms with van der Waals surface area (Å²) in [6, 6.07) is 6.76. The summed E-state index contributed by atoms with van der Waals surface area (Å²) < 4.78 is 13.9. The molecule has 0 saturated carbocycles. The highest BCUT2D eigenvalue weighted by molar-refractivity contribution is 9.10. The first-order valence-electron chi connectivity index (χ1n) is 7.86. The Kier molecular flexibility index (Phi) is 6.21. The Morgan fingerprint density at radius 2 is 2.12 bits per heavy atom. The van der Waals surface area contributed by atoms with Gasteiger partial charge in [-0.15, -0.1) is 0 Å². The number of thiophene rings is 1. The minimum absolute atomic E-state index is 0.266. The van der Waals surface area contributed by atoms with Crippen molar-refractivity contribution in [1.29, 1.82) is 0 Å². The van der Waals surface area contributed by atoms with Crippen molar-refractivity contribution in [2.75, 3.05) is 31.5 Å². The molecule has 0 aliphatic carbocycles. The number of nitrogens with one attached hydrogen (secondary N) is 1. The predicted molar refractivity (Wildman–Crippen MR) is 106 cm³/mol. The molecular weight excluding hydrogens is 409 g/mol. The van der Waals surface area contributed by atoms with Gasteiger partial charge in [0.2, 0.25) is 0 Å². The molecule has 0 amide bonds. The maximum atomic E-state index is 13.2. The van der Waals surface area contributed by atoms with Crippen LogP contribution in [-0.4, -0.2) is 41.1 Å². The van der Waals surface area contributed by atoms with Crippen LogP contribution in [0.5, 0.6) is 0 Å². The smallest absolute Gasteiger partial charge is 0.173 e. The van der Waals surface area contributed by atoms with Crippen molar-refractivity contribution in [2.45, 2.75) is 13.0 Å². The van der Waals surface area contributed by atoms with Gasteiger partial charge in [0.25, 0.3) is 0 Å². The largest absolute Gasteiger partial charge is 0.348 e. The van der Waals surface area contributed by atoms with Crippen LogP contribution in [0.3, 0.4) is 0 Å². The summed E-state index contributed by atoms with van der Waals surface area (Å²) in [5, 5.41) is 8.25. The Bertz CT molecular complexity index is 693. The van der Waals surface area contributed by atoms with Crippen LogP contribution >= 0.6 is 39.5 Å². The predicted octanol–water partition coefficient (Wildman–Crippen LogP) is 4.55. The molecule has 2 heterocycles. The zero-order chi connectivity index (χ0) is 16.9. The van der Waals surface area contributed by atoms with Crippen LogP contribution in [0, 0.1) is 5.82 Å². The van der Waals surface area contributed by atoms with Crippen molar-refractivity contribution in [3.05, 3.63) is 50.9 Å². The molecule has 0 bridgehead atoms. The summed E-state index contributed by atoms with van der Waals surface area (Å²) in [6.45, 7) is 4.90. The number of benzene rings is 1. The highest BCUT2D eigenvalue weighted by atomic mass is 79.9. The van der Waals surface area contributed by atoms with Crippen LogP contribution in [0.2, 0.25) is 0 Å². The quantitative estimate of drug-likeness (QED) is 0.723. The van der Waals surface area contributed by atoms with Gasteiger partial charge in [-0.3, -0.25) is 4.90 Å². The van der Waals surface area contributed by atoms with E-state index in [2.05, 4.69) is 47.9 Å². The van der Waals surface area contributed by atoms with Crippen LogP contribution in [0.1, 0.15) is 12.0 Å². The minimum Gasteiger partial charge on any atom is -0.348 e. The maximum Gasteiger partial charge on any atom is 0.173 e. The second-order valence-corrected chi connectivity index (χ2v) is 7.82. The molecule has 24 heavy (non-hydrogen) atoms. The molecule has 0 spiro atoms. The van der Waals surface area contributed by atoms with Gasteiger partial charge in [-0.1, -0.05) is 0 Å². The third kappa shape index (κ3) is 4.75. The highest BCUT2D eigenvalue weighted by Crippen LogP contribution is 2.23. The van der Waals surface area contributed by atoms with Crippen LogP contribution in [0.4, 0.5) is 10.1 Å². The molecule has 1 aromatic heterocycles. The normalized spacial score (nSPS) is 16.0. The van der Waals surface area contributed by atoms with Crippen molar-refractivity contribution in [1.82, 2.24) is 9.80 Å². The lowest BCUT2D eigenvalue weighted by atomic mass is 10.3. The summed E-state index contributed by atoms with van der Waals surface area (Å²) >= 11 is 10.7. The van der Waals surface area contributed by atoms with E-state index in [9.17, 15) is 4.39 Å². The topological polar surface area (TPSA) is 18.5 Å². The molecule has 1 aliphatic heterocycles. The molecule has 128 valence electrons. The van der Waals surface area contributed by atoms with Gasteiger partial charge >= 0.3 is 0 Å². The molecule has 1 fully saturated rings. The Hall–Kier alpha value is -1.02. The first-order chi connectivity index (χ1) is 11.6. The van der Waals surface area contributed by atoms with Gasteiger partial charge in [0.05, 0.1) is 5.69 Å². The fraction of sp³-hybridized carbons (Fsp3) is 0.353. The second kappa shape index (κ2) is 8.38. The first kappa shape index (κ1) is 17.8. The van der Waals surface area contributed by atoms with E-state index in [0.29, 0.717) is 9.59 Å². The summed E-state index contributed by atoms with van der Waals surface area (Å²) in [6.07, 6.45) is 1.08. The third-order valence-electron chi connectivity index (χ3n) is 4.03. The zero-order valence-electron chi connectivity index (χ0n) is 13.2. The molecule has 7 heteroatoms. The molecule has 1 aliphatic rings. The fourth-order valence-electron chi connectivity index (χ4n) is 2.76. The summed E-state index contributed by atoms with van der Waals surface area (Å²) in [7, 11) is 0. The lowest BCUT2D eigenvalue weighted by Crippen LogP contribution is -2.37. The second-order valence-electron chi connectivity index (χ2n) is 5.80. The number of hydrogen-bond donors (Lipinski definition) is 1. The van der Waals surface area contributed by atoms with Gasteiger partial charge in [-0.2, -0.15) is 11.3 Å². The average Bonchev–Trinajstić information content (AvgIpc) is 2.94. The lowest BCUT2D eigenvalue weighted by Gasteiger charge is -2.25. The first-order valence-corrected chi connectivity index (χ1v) is 10.0. The number of nitrogens with zero attached hydrogens (tertiary/aromatic N) is 2. The van der Waals surface area contributed by atoms with Gasteiger partial charge in [-0.05, 0) is 75.2 Å². The number of rotatable bonds is 3. The Morgan fingerprint density at radius 1 is 1.25 bits per heavy atom. The van der Waals surface area contributed by atoms with E-state index in [1.165, 1.54) is 17.7 Å². The van der Waals surface area contributed by atoms with Crippen molar-refractivity contribution in [2.24, 2.45) is 0 Å². The van der Waals surface area contributed by atoms with Crippen LogP contribution < -0.4 is 5.32 Å². The van der Waals surface area contributed by atoms with Crippen molar-refractivity contribution >= 4 is 50.3 Å². The number of anilines is 1. The van der Waals surface area contributed by atoms with Crippen molar-refractivity contribution in [3.8, 4) is 0 Å². The molecule has 0 unspecified atom stereocenters. The van der Waals surface area contributed by atoms with Gasteiger partial charge in [0.15, 0.2) is 5.11 Å². The molecule has 0 radical (unpaired) electrons. The molecule has 3 rings (SSSR count). The third-order valence-corrected chi connectivity index (χ3v) is 5.78. The maximum absolute atomic E-state index is 13.2. The molecule has 1 N–H and O–H groups in total. The van der Waals surface area contributed by atoms with Crippen LogP contribution in [0.15, 0.2) is 39.5 Å². The lowest BCUT2D eigenvalue weighted by molar-refractivity contribution is 0.278. The monoisotopic (exact) mass is 427 g/mol. The van der Waals surface area contributed by atoms with Gasteiger partial charge < -0.3 is 10.2 Å². The summed E-state index contributed by atoms with van der Waals surface area (Å²) in [4.78, 5) is 4.66. The number of hydrogen-bond acceptors (Lipinski definition) is 3. The SMILES string of the molecule is Fc1ccc(NC(=S)N2CCCN(Cc3ccsc3)CC2)c(Br)c1. The van der Waals surface area contributed by atoms with E-state index in [1.807, 2.05) is 0 Å². The Balaban J connectivity index is 1.56. The average molecular weight is 428 g/mol. The van der Waals surface area contributed by atoms with Crippen molar-refractivity contribution in [3.63, 3.8) is 0 Å². The van der Waals surface area contributed by atoms with E-state index < -0.39 is 0 Å². The van der Waals surface area contributed by atoms with E-state index >= 15 is 0 Å². The fourth-order valence-corrected chi connectivity index (χ4v) is 4.16. The van der Waals surface area contributed by atoms with E-state index in [-0.39, 0.29) is 5.82 Å². The van der Waals surface area contributed by atoms with Crippen molar-refractivity contribution < 1.29 is 4.39 Å². The zero-order valence-corrected chi connectivity index (χ0v) is 16.4. The summed E-state index contributed by atoms with van der Waals surface area (Å²) in [5.41, 5.74) is 2.17. The van der Waals surface area contributed by atoms with Crippen LogP contribution in [0.25, 0.3) is 0 Å². The number of halogens is 2. The van der Waals surface area contributed by atoms with Gasteiger partial charge in [0, 0.05) is 37.2 Å².